The fourth-order valence-electron chi connectivity index (χ4n) is 3.63. The summed E-state index contributed by atoms with van der Waals surface area (Å²) >= 11 is 0. The zero-order chi connectivity index (χ0) is 22.6. The van der Waals surface area contributed by atoms with E-state index < -0.39 is 14.9 Å². The lowest BCUT2D eigenvalue weighted by atomic mass is 9.96. The van der Waals surface area contributed by atoms with Crippen LogP contribution in [0, 0.1) is 35.3 Å². The number of aryl methyl sites for hydroxylation is 1. The second kappa shape index (κ2) is 9.32. The Balaban J connectivity index is 1.71. The first-order chi connectivity index (χ1) is 14.7. The Labute approximate surface area is 180 Å². The van der Waals surface area contributed by atoms with Crippen molar-refractivity contribution in [2.24, 2.45) is 5.92 Å². The molecule has 0 bridgehead atoms. The van der Waals surface area contributed by atoms with Gasteiger partial charge in [0.15, 0.2) is 0 Å². The van der Waals surface area contributed by atoms with Gasteiger partial charge in [-0.05, 0) is 37.5 Å². The van der Waals surface area contributed by atoms with E-state index in [0.717, 1.165) is 6.07 Å². The molecule has 1 aliphatic rings. The molecule has 9 nitrogen and oxygen atoms in total. The highest BCUT2D eigenvalue weighted by atomic mass is 32.2. The summed E-state index contributed by atoms with van der Waals surface area (Å²) in [5, 5.41) is 11.1. The van der Waals surface area contributed by atoms with E-state index in [0.29, 0.717) is 24.2 Å². The summed E-state index contributed by atoms with van der Waals surface area (Å²) in [5.41, 5.74) is 0.152. The van der Waals surface area contributed by atoms with Gasteiger partial charge in [0.05, 0.1) is 29.2 Å². The third-order valence-electron chi connectivity index (χ3n) is 5.32. The summed E-state index contributed by atoms with van der Waals surface area (Å²) in [6.45, 7) is 2.27. The number of furan rings is 1. The average Bonchev–Trinajstić information content (AvgIpc) is 3.26. The number of sulfonamides is 1. The summed E-state index contributed by atoms with van der Waals surface area (Å²) in [6, 6.07) is 7.27. The highest BCUT2D eigenvalue weighted by Crippen LogP contribution is 2.29. The lowest BCUT2D eigenvalue weighted by Crippen LogP contribution is -2.44. The molecule has 0 aliphatic carbocycles. The molecule has 2 heterocycles. The van der Waals surface area contributed by atoms with Gasteiger partial charge in [0.25, 0.3) is 5.69 Å². The van der Waals surface area contributed by atoms with Gasteiger partial charge in [0, 0.05) is 31.1 Å². The van der Waals surface area contributed by atoms with Gasteiger partial charge in [-0.15, -0.1) is 6.42 Å². The smallest absolute Gasteiger partial charge is 0.270 e. The molecular formula is C21H23N3O6S. The van der Waals surface area contributed by atoms with Crippen LogP contribution in [0.1, 0.15) is 24.2 Å². The fourth-order valence-corrected chi connectivity index (χ4v) is 5.35. The maximum Gasteiger partial charge on any atom is 0.270 e. The van der Waals surface area contributed by atoms with Crippen molar-refractivity contribution in [3.8, 4) is 12.3 Å². The highest BCUT2D eigenvalue weighted by Gasteiger charge is 2.35. The van der Waals surface area contributed by atoms with Crippen LogP contribution in [0.15, 0.2) is 45.9 Å². The molecule has 0 N–H and O–H groups in total. The Bertz CT molecular complexity index is 1100. The molecule has 3 rings (SSSR count). The molecular weight excluding hydrogens is 422 g/mol. The summed E-state index contributed by atoms with van der Waals surface area (Å²) in [7, 11) is -3.91. The van der Waals surface area contributed by atoms with Crippen LogP contribution in [0.2, 0.25) is 0 Å². The van der Waals surface area contributed by atoms with Crippen molar-refractivity contribution < 1.29 is 22.6 Å². The monoisotopic (exact) mass is 445 g/mol. The van der Waals surface area contributed by atoms with E-state index in [1.807, 2.05) is 0 Å². The number of non-ortho nitro benzene ring substituents is 1. The molecule has 0 spiro atoms. The number of nitro groups is 1. The largest absolute Gasteiger partial charge is 0.467 e. The van der Waals surface area contributed by atoms with Gasteiger partial charge in [-0.1, -0.05) is 12.0 Å². The van der Waals surface area contributed by atoms with Gasteiger partial charge in [-0.2, -0.15) is 4.31 Å². The van der Waals surface area contributed by atoms with E-state index in [1.54, 1.807) is 19.1 Å². The molecule has 1 aliphatic heterocycles. The Morgan fingerprint density at radius 1 is 1.35 bits per heavy atom. The third kappa shape index (κ3) is 4.95. The Hall–Kier alpha value is -3.16. The van der Waals surface area contributed by atoms with E-state index in [2.05, 4.69) is 5.92 Å². The summed E-state index contributed by atoms with van der Waals surface area (Å²) in [6.07, 6.45) is 7.60. The molecule has 1 aromatic heterocycles. The second-order valence-corrected chi connectivity index (χ2v) is 9.27. The number of rotatable bonds is 7. The SMILES string of the molecule is C#CCN(Cc1ccco1)C(=O)C1CCN(S(=O)(=O)c2cc([N+](=O)[O-])ccc2C)CC1. The predicted octanol–water partition coefficient (Wildman–Crippen LogP) is 2.56. The van der Waals surface area contributed by atoms with Crippen LogP contribution in [0.3, 0.4) is 0 Å². The van der Waals surface area contributed by atoms with Gasteiger partial charge in [0.2, 0.25) is 15.9 Å². The lowest BCUT2D eigenvalue weighted by Gasteiger charge is -2.33. The lowest BCUT2D eigenvalue weighted by molar-refractivity contribution is -0.385. The molecule has 0 saturated carbocycles. The van der Waals surface area contributed by atoms with Crippen LogP contribution in [0.25, 0.3) is 0 Å². The Morgan fingerprint density at radius 3 is 2.65 bits per heavy atom. The highest BCUT2D eigenvalue weighted by molar-refractivity contribution is 7.89. The normalized spacial score (nSPS) is 15.4. The summed E-state index contributed by atoms with van der Waals surface area (Å²) < 4.78 is 32.7. The first-order valence-corrected chi connectivity index (χ1v) is 11.2. The molecule has 1 saturated heterocycles. The minimum Gasteiger partial charge on any atom is -0.467 e. The van der Waals surface area contributed by atoms with Crippen molar-refractivity contribution in [2.45, 2.75) is 31.2 Å². The number of hydrogen-bond donors (Lipinski definition) is 0. The number of nitrogens with zero attached hydrogens (tertiary/aromatic N) is 3. The maximum atomic E-state index is 13.1. The number of nitro benzene ring substituents is 1. The van der Waals surface area contributed by atoms with E-state index in [4.69, 9.17) is 10.8 Å². The predicted molar refractivity (Wildman–Crippen MR) is 112 cm³/mol. The quantitative estimate of drug-likeness (QED) is 0.368. The third-order valence-corrected chi connectivity index (χ3v) is 7.36. The molecule has 164 valence electrons. The van der Waals surface area contributed by atoms with Crippen LogP contribution >= 0.6 is 0 Å². The zero-order valence-electron chi connectivity index (χ0n) is 17.1. The van der Waals surface area contributed by atoms with E-state index in [9.17, 15) is 23.3 Å². The van der Waals surface area contributed by atoms with Crippen LogP contribution in [-0.4, -0.2) is 48.1 Å². The van der Waals surface area contributed by atoms with Crippen LogP contribution < -0.4 is 0 Å². The number of piperidine rings is 1. The standard InChI is InChI=1S/C21H23N3O6S/c1-3-10-22(15-19-5-4-13-30-19)21(25)17-8-11-23(12-9-17)31(28,29)20-14-18(24(26)27)7-6-16(20)2/h1,4-7,13-14,17H,8-12,15H2,2H3. The molecule has 1 amide bonds. The van der Waals surface area contributed by atoms with Crippen molar-refractivity contribution in [3.63, 3.8) is 0 Å². The van der Waals surface area contributed by atoms with E-state index in [-0.39, 0.29) is 48.6 Å². The minimum atomic E-state index is -3.91. The van der Waals surface area contributed by atoms with E-state index in [1.165, 1.54) is 27.6 Å². The van der Waals surface area contributed by atoms with Crippen LogP contribution in [-0.2, 0) is 21.4 Å². The number of carbonyl (C=O) groups excluding carboxylic acids is 1. The van der Waals surface area contributed by atoms with Gasteiger partial charge >= 0.3 is 0 Å². The van der Waals surface area contributed by atoms with Gasteiger partial charge < -0.3 is 9.32 Å². The van der Waals surface area contributed by atoms with Crippen LogP contribution in [0.5, 0.6) is 0 Å². The molecule has 31 heavy (non-hydrogen) atoms. The summed E-state index contributed by atoms with van der Waals surface area (Å²) in [5.74, 6) is 2.59. The Kier molecular flexibility index (Phi) is 6.77. The van der Waals surface area contributed by atoms with Crippen molar-refractivity contribution in [1.82, 2.24) is 9.21 Å². The topological polar surface area (TPSA) is 114 Å². The first kappa shape index (κ1) is 22.5. The number of hydrogen-bond acceptors (Lipinski definition) is 6. The molecule has 0 radical (unpaired) electrons. The number of benzene rings is 1. The van der Waals surface area contributed by atoms with Gasteiger partial charge in [-0.25, -0.2) is 8.42 Å². The second-order valence-electron chi connectivity index (χ2n) is 7.36. The molecule has 0 unspecified atom stereocenters. The molecule has 1 aromatic carbocycles. The number of carbonyl (C=O) groups is 1. The van der Waals surface area contributed by atoms with Crippen LogP contribution in [0.4, 0.5) is 5.69 Å². The minimum absolute atomic E-state index is 0.0849. The summed E-state index contributed by atoms with van der Waals surface area (Å²) in [4.78, 5) is 24.8. The fraction of sp³-hybridized carbons (Fsp3) is 0.381. The van der Waals surface area contributed by atoms with Crippen molar-refractivity contribution >= 4 is 21.6 Å². The molecule has 2 aromatic rings. The average molecular weight is 445 g/mol. The maximum absolute atomic E-state index is 13.1. The van der Waals surface area contributed by atoms with Gasteiger partial charge in [-0.3, -0.25) is 14.9 Å². The molecule has 0 atom stereocenters. The number of amides is 1. The zero-order valence-corrected chi connectivity index (χ0v) is 17.9. The van der Waals surface area contributed by atoms with Crippen molar-refractivity contribution in [3.05, 3.63) is 58.0 Å². The van der Waals surface area contributed by atoms with Gasteiger partial charge in [0.1, 0.15) is 5.76 Å². The molecule has 1 fully saturated rings. The van der Waals surface area contributed by atoms with Crippen molar-refractivity contribution in [1.29, 1.82) is 0 Å². The molecule has 10 heteroatoms. The number of terminal acetylenes is 1. The van der Waals surface area contributed by atoms with Crippen molar-refractivity contribution in [2.75, 3.05) is 19.6 Å². The van der Waals surface area contributed by atoms with E-state index >= 15 is 0 Å². The Morgan fingerprint density at radius 2 is 2.06 bits per heavy atom. The first-order valence-electron chi connectivity index (χ1n) is 9.74.